The van der Waals surface area contributed by atoms with Crippen LogP contribution in [0.2, 0.25) is 0 Å². The molecule has 0 amide bonds. The van der Waals surface area contributed by atoms with E-state index in [1.54, 1.807) is 0 Å². The maximum Gasteiger partial charge on any atom is 0.310 e. The molecule has 1 aliphatic rings. The van der Waals surface area contributed by atoms with Crippen LogP contribution in [-0.2, 0) is 11.2 Å². The molecule has 3 nitrogen and oxygen atoms in total. The highest BCUT2D eigenvalue weighted by Gasteiger charge is 2.40. The Bertz CT molecular complexity index is 355. The first kappa shape index (κ1) is 11.1. The number of carboxylic acid groups (broad SMARTS) is 1. The first-order chi connectivity index (χ1) is 7.73. The topological polar surface area (TPSA) is 49.3 Å². The van der Waals surface area contributed by atoms with Crippen molar-refractivity contribution in [2.75, 3.05) is 13.1 Å². The van der Waals surface area contributed by atoms with Crippen LogP contribution in [-0.4, -0.2) is 24.2 Å². The van der Waals surface area contributed by atoms with E-state index in [9.17, 15) is 9.90 Å². The predicted octanol–water partition coefficient (Wildman–Crippen LogP) is 1.68. The fraction of sp³-hybridized carbons (Fsp3) is 0.462. The minimum absolute atomic E-state index is 0.546. The summed E-state index contributed by atoms with van der Waals surface area (Å²) in [5.41, 5.74) is 0.672. The van der Waals surface area contributed by atoms with Crippen molar-refractivity contribution in [1.82, 2.24) is 5.32 Å². The van der Waals surface area contributed by atoms with Gasteiger partial charge in [-0.3, -0.25) is 4.79 Å². The van der Waals surface area contributed by atoms with Gasteiger partial charge in [-0.15, -0.1) is 0 Å². The highest BCUT2D eigenvalue weighted by atomic mass is 16.4. The average molecular weight is 219 g/mol. The Hall–Kier alpha value is -1.35. The predicted molar refractivity (Wildman–Crippen MR) is 62.3 cm³/mol. The van der Waals surface area contributed by atoms with Gasteiger partial charge in [0.2, 0.25) is 0 Å². The van der Waals surface area contributed by atoms with E-state index in [1.807, 2.05) is 18.2 Å². The third-order valence-electron chi connectivity index (χ3n) is 3.43. The Morgan fingerprint density at radius 3 is 2.69 bits per heavy atom. The molecule has 1 saturated heterocycles. The Morgan fingerprint density at radius 1 is 1.38 bits per heavy atom. The van der Waals surface area contributed by atoms with Crippen molar-refractivity contribution >= 4 is 5.97 Å². The maximum atomic E-state index is 11.3. The second-order valence-corrected chi connectivity index (χ2v) is 4.50. The molecule has 16 heavy (non-hydrogen) atoms. The molecule has 2 N–H and O–H groups in total. The Morgan fingerprint density at radius 2 is 2.12 bits per heavy atom. The quantitative estimate of drug-likeness (QED) is 0.810. The molecule has 0 bridgehead atoms. The van der Waals surface area contributed by atoms with E-state index in [-0.39, 0.29) is 0 Å². The third kappa shape index (κ3) is 2.25. The number of hydrogen-bond donors (Lipinski definition) is 2. The zero-order valence-electron chi connectivity index (χ0n) is 9.28. The summed E-state index contributed by atoms with van der Waals surface area (Å²) in [7, 11) is 0. The van der Waals surface area contributed by atoms with E-state index in [0.717, 1.165) is 25.8 Å². The van der Waals surface area contributed by atoms with Gasteiger partial charge in [-0.25, -0.2) is 0 Å². The number of rotatable bonds is 4. The number of aryl methyl sites for hydroxylation is 1. The van der Waals surface area contributed by atoms with Crippen LogP contribution in [0.5, 0.6) is 0 Å². The molecule has 0 spiro atoms. The summed E-state index contributed by atoms with van der Waals surface area (Å²) in [6.07, 6.45) is 2.31. The van der Waals surface area contributed by atoms with Gasteiger partial charge < -0.3 is 10.4 Å². The second-order valence-electron chi connectivity index (χ2n) is 4.50. The SMILES string of the molecule is O=C(O)C1(CCc2ccccc2)CCNC1. The van der Waals surface area contributed by atoms with Crippen LogP contribution >= 0.6 is 0 Å². The van der Waals surface area contributed by atoms with Gasteiger partial charge in [-0.2, -0.15) is 0 Å². The number of hydrogen-bond acceptors (Lipinski definition) is 2. The summed E-state index contributed by atoms with van der Waals surface area (Å²) in [5.74, 6) is -0.659. The first-order valence-electron chi connectivity index (χ1n) is 5.71. The molecular weight excluding hydrogens is 202 g/mol. The van der Waals surface area contributed by atoms with Crippen LogP contribution in [0.4, 0.5) is 0 Å². The number of carboxylic acids is 1. The summed E-state index contributed by atoms with van der Waals surface area (Å²) in [6, 6.07) is 10.1. The van der Waals surface area contributed by atoms with Gasteiger partial charge in [0.05, 0.1) is 5.41 Å². The van der Waals surface area contributed by atoms with Crippen molar-refractivity contribution in [1.29, 1.82) is 0 Å². The lowest BCUT2D eigenvalue weighted by atomic mass is 9.81. The molecule has 0 aliphatic carbocycles. The van der Waals surface area contributed by atoms with E-state index in [2.05, 4.69) is 17.4 Å². The van der Waals surface area contributed by atoms with Crippen LogP contribution in [0, 0.1) is 5.41 Å². The zero-order valence-corrected chi connectivity index (χ0v) is 9.28. The fourth-order valence-electron chi connectivity index (χ4n) is 2.27. The molecular formula is C13H17NO2. The van der Waals surface area contributed by atoms with Gasteiger partial charge in [0.1, 0.15) is 0 Å². The minimum Gasteiger partial charge on any atom is -0.481 e. The van der Waals surface area contributed by atoms with E-state index in [0.29, 0.717) is 6.54 Å². The van der Waals surface area contributed by atoms with Crippen molar-refractivity contribution < 1.29 is 9.90 Å². The molecule has 3 heteroatoms. The lowest BCUT2D eigenvalue weighted by Crippen LogP contribution is -2.33. The van der Waals surface area contributed by atoms with Crippen LogP contribution in [0.15, 0.2) is 30.3 Å². The van der Waals surface area contributed by atoms with E-state index >= 15 is 0 Å². The molecule has 0 aromatic heterocycles. The number of benzene rings is 1. The molecule has 1 aliphatic heterocycles. The molecule has 0 saturated carbocycles. The lowest BCUT2D eigenvalue weighted by Gasteiger charge is -2.22. The summed E-state index contributed by atoms with van der Waals surface area (Å²) < 4.78 is 0. The smallest absolute Gasteiger partial charge is 0.310 e. The van der Waals surface area contributed by atoms with Gasteiger partial charge in [-0.05, 0) is 31.4 Å². The average Bonchev–Trinajstić information content (AvgIpc) is 2.78. The normalized spacial score (nSPS) is 24.5. The highest BCUT2D eigenvalue weighted by Crippen LogP contribution is 2.31. The van der Waals surface area contributed by atoms with Crippen LogP contribution < -0.4 is 5.32 Å². The van der Waals surface area contributed by atoms with Crippen molar-refractivity contribution in [3.8, 4) is 0 Å². The fourth-order valence-corrected chi connectivity index (χ4v) is 2.27. The Kier molecular flexibility index (Phi) is 3.25. The molecule has 1 aromatic rings. The summed E-state index contributed by atoms with van der Waals surface area (Å²) in [5, 5.41) is 12.5. The van der Waals surface area contributed by atoms with Gasteiger partial charge in [-0.1, -0.05) is 30.3 Å². The Balaban J connectivity index is 2.00. The summed E-state index contributed by atoms with van der Waals surface area (Å²) >= 11 is 0. The summed E-state index contributed by atoms with van der Waals surface area (Å²) in [6.45, 7) is 1.43. The van der Waals surface area contributed by atoms with Gasteiger partial charge in [0.15, 0.2) is 0 Å². The minimum atomic E-state index is -0.659. The molecule has 1 atom stereocenters. The van der Waals surface area contributed by atoms with Crippen molar-refractivity contribution in [2.45, 2.75) is 19.3 Å². The second kappa shape index (κ2) is 4.66. The van der Waals surface area contributed by atoms with Crippen molar-refractivity contribution in [2.24, 2.45) is 5.41 Å². The molecule has 0 radical (unpaired) electrons. The number of aliphatic carboxylic acids is 1. The highest BCUT2D eigenvalue weighted by molar-refractivity contribution is 5.75. The first-order valence-corrected chi connectivity index (χ1v) is 5.71. The maximum absolute atomic E-state index is 11.3. The van der Waals surface area contributed by atoms with Gasteiger partial charge in [0.25, 0.3) is 0 Å². The number of carbonyl (C=O) groups is 1. The van der Waals surface area contributed by atoms with Crippen LogP contribution in [0.1, 0.15) is 18.4 Å². The van der Waals surface area contributed by atoms with Gasteiger partial charge >= 0.3 is 5.97 Å². The lowest BCUT2D eigenvalue weighted by molar-refractivity contribution is -0.148. The Labute approximate surface area is 95.5 Å². The molecule has 1 fully saturated rings. The van der Waals surface area contributed by atoms with Gasteiger partial charge in [0, 0.05) is 6.54 Å². The molecule has 1 heterocycles. The number of nitrogens with one attached hydrogen (secondary N) is 1. The van der Waals surface area contributed by atoms with Crippen LogP contribution in [0.3, 0.4) is 0 Å². The molecule has 1 unspecified atom stereocenters. The monoisotopic (exact) mass is 219 g/mol. The van der Waals surface area contributed by atoms with E-state index in [4.69, 9.17) is 0 Å². The van der Waals surface area contributed by atoms with Crippen molar-refractivity contribution in [3.63, 3.8) is 0 Å². The molecule has 2 rings (SSSR count). The standard InChI is InChI=1S/C13H17NO2/c15-12(16)13(8-9-14-10-13)7-6-11-4-2-1-3-5-11/h1-5,14H,6-10H2,(H,15,16). The van der Waals surface area contributed by atoms with Crippen molar-refractivity contribution in [3.05, 3.63) is 35.9 Å². The third-order valence-corrected chi connectivity index (χ3v) is 3.43. The zero-order chi connectivity index (χ0) is 11.4. The summed E-state index contributed by atoms with van der Waals surface area (Å²) in [4.78, 5) is 11.3. The van der Waals surface area contributed by atoms with Crippen LogP contribution in [0.25, 0.3) is 0 Å². The van der Waals surface area contributed by atoms with E-state index in [1.165, 1.54) is 5.56 Å². The molecule has 1 aromatic carbocycles. The molecule has 86 valence electrons. The van der Waals surface area contributed by atoms with E-state index < -0.39 is 11.4 Å². The largest absolute Gasteiger partial charge is 0.481 e.